The van der Waals surface area contributed by atoms with Crippen LogP contribution in [0.5, 0.6) is 5.06 Å². The molecule has 21 heavy (non-hydrogen) atoms. The molecule has 0 saturated heterocycles. The summed E-state index contributed by atoms with van der Waals surface area (Å²) in [6.45, 7) is 3.52. The average Bonchev–Trinajstić information content (AvgIpc) is 2.44. The monoisotopic (exact) mass is 304 g/mol. The van der Waals surface area contributed by atoms with Gasteiger partial charge in [0.1, 0.15) is 5.56 Å². The molecule has 0 spiro atoms. The summed E-state index contributed by atoms with van der Waals surface area (Å²) < 4.78 is 4.92. The minimum atomic E-state index is -0.634. The van der Waals surface area contributed by atoms with E-state index >= 15 is 0 Å². The summed E-state index contributed by atoms with van der Waals surface area (Å²) in [7, 11) is 0. The highest BCUT2D eigenvalue weighted by molar-refractivity contribution is 7.13. The van der Waals surface area contributed by atoms with Gasteiger partial charge in [-0.05, 0) is 19.4 Å². The standard InChI is InChI=1S/C16H16O4S/c1-3-20-15(18)13-10(2)21-16(19)12(14(13)17)9-11-7-5-4-6-8-11/h4-8,19H,3,9H2,1-2H3. The molecule has 0 amide bonds. The summed E-state index contributed by atoms with van der Waals surface area (Å²) >= 11 is 1.03. The van der Waals surface area contributed by atoms with E-state index in [-0.39, 0.29) is 29.2 Å². The Morgan fingerprint density at radius 1 is 1.29 bits per heavy atom. The maximum atomic E-state index is 12.5. The molecule has 0 atom stereocenters. The van der Waals surface area contributed by atoms with Crippen LogP contribution in [-0.2, 0) is 11.2 Å². The summed E-state index contributed by atoms with van der Waals surface area (Å²) in [6, 6.07) is 9.34. The Balaban J connectivity index is 2.49. The Hall–Kier alpha value is -2.14. The molecule has 1 heterocycles. The van der Waals surface area contributed by atoms with E-state index in [9.17, 15) is 14.7 Å². The van der Waals surface area contributed by atoms with Crippen molar-refractivity contribution in [3.63, 3.8) is 0 Å². The number of hydrogen-bond donors (Lipinski definition) is 1. The Morgan fingerprint density at radius 2 is 1.95 bits per heavy atom. The molecule has 5 heteroatoms. The molecular weight excluding hydrogens is 288 g/mol. The molecule has 2 aromatic rings. The quantitative estimate of drug-likeness (QED) is 0.882. The number of aryl methyl sites for hydroxylation is 1. The normalized spacial score (nSPS) is 10.4. The Morgan fingerprint density at radius 3 is 2.57 bits per heavy atom. The van der Waals surface area contributed by atoms with Crippen molar-refractivity contribution in [2.24, 2.45) is 0 Å². The number of carbonyl (C=O) groups excluding carboxylic acids is 1. The molecule has 4 nitrogen and oxygen atoms in total. The lowest BCUT2D eigenvalue weighted by Gasteiger charge is -2.09. The van der Waals surface area contributed by atoms with Crippen molar-refractivity contribution in [1.29, 1.82) is 0 Å². The van der Waals surface area contributed by atoms with Gasteiger partial charge in [-0.3, -0.25) is 4.79 Å². The molecule has 0 bridgehead atoms. The molecule has 1 N–H and O–H groups in total. The molecule has 0 fully saturated rings. The zero-order valence-electron chi connectivity index (χ0n) is 11.9. The van der Waals surface area contributed by atoms with Gasteiger partial charge in [-0.1, -0.05) is 30.3 Å². The van der Waals surface area contributed by atoms with E-state index in [1.807, 2.05) is 30.3 Å². The Labute approximate surface area is 126 Å². The predicted molar refractivity (Wildman–Crippen MR) is 82.2 cm³/mol. The number of aromatic hydroxyl groups is 1. The van der Waals surface area contributed by atoms with Crippen LogP contribution in [-0.4, -0.2) is 17.7 Å². The number of esters is 1. The second-order valence-electron chi connectivity index (χ2n) is 4.53. The maximum absolute atomic E-state index is 12.5. The van der Waals surface area contributed by atoms with Crippen molar-refractivity contribution in [1.82, 2.24) is 0 Å². The van der Waals surface area contributed by atoms with Gasteiger partial charge >= 0.3 is 5.97 Å². The van der Waals surface area contributed by atoms with Crippen LogP contribution in [0.2, 0.25) is 0 Å². The molecule has 0 aliphatic heterocycles. The van der Waals surface area contributed by atoms with Crippen LogP contribution in [0.15, 0.2) is 35.1 Å². The molecule has 0 unspecified atom stereocenters. The minimum absolute atomic E-state index is 0.0191. The minimum Gasteiger partial charge on any atom is -0.499 e. The van der Waals surface area contributed by atoms with Gasteiger partial charge in [-0.2, -0.15) is 0 Å². The van der Waals surface area contributed by atoms with Crippen molar-refractivity contribution in [2.45, 2.75) is 20.3 Å². The lowest BCUT2D eigenvalue weighted by atomic mass is 10.0. The van der Waals surface area contributed by atoms with Crippen LogP contribution in [0, 0.1) is 6.92 Å². The number of rotatable bonds is 4. The van der Waals surface area contributed by atoms with Gasteiger partial charge in [0.25, 0.3) is 0 Å². The molecule has 2 rings (SSSR count). The van der Waals surface area contributed by atoms with Gasteiger partial charge in [-0.25, -0.2) is 4.79 Å². The van der Waals surface area contributed by atoms with Gasteiger partial charge in [-0.15, -0.1) is 11.3 Å². The van der Waals surface area contributed by atoms with Crippen molar-refractivity contribution in [3.8, 4) is 5.06 Å². The van der Waals surface area contributed by atoms with E-state index in [1.54, 1.807) is 13.8 Å². The highest BCUT2D eigenvalue weighted by Crippen LogP contribution is 2.27. The SMILES string of the molecule is CCOC(=O)c1c(C)sc(O)c(Cc2ccccc2)c1=O. The Bertz CT molecular complexity index is 704. The largest absolute Gasteiger partial charge is 0.499 e. The topological polar surface area (TPSA) is 63.6 Å². The molecule has 0 aliphatic rings. The van der Waals surface area contributed by atoms with E-state index in [0.29, 0.717) is 4.88 Å². The summed E-state index contributed by atoms with van der Waals surface area (Å²) in [5.74, 6) is -0.634. The molecule has 1 aromatic heterocycles. The van der Waals surface area contributed by atoms with Gasteiger partial charge in [0.2, 0.25) is 5.43 Å². The molecule has 1 aromatic carbocycles. The smallest absolute Gasteiger partial charge is 0.343 e. The fraction of sp³-hybridized carbons (Fsp3) is 0.250. The van der Waals surface area contributed by atoms with Crippen molar-refractivity contribution >= 4 is 17.3 Å². The lowest BCUT2D eigenvalue weighted by molar-refractivity contribution is 0.0524. The summed E-state index contributed by atoms with van der Waals surface area (Å²) in [5.41, 5.74) is 0.701. The predicted octanol–water partition coefficient (Wildman–Crippen LogP) is 2.89. The zero-order valence-corrected chi connectivity index (χ0v) is 12.7. The first kappa shape index (κ1) is 15.3. The van der Waals surface area contributed by atoms with Gasteiger partial charge < -0.3 is 9.84 Å². The number of ether oxygens (including phenoxy) is 1. The third-order valence-electron chi connectivity index (χ3n) is 3.06. The number of hydrogen-bond acceptors (Lipinski definition) is 5. The number of carbonyl (C=O) groups is 1. The van der Waals surface area contributed by atoms with Gasteiger partial charge in [0, 0.05) is 11.3 Å². The summed E-state index contributed by atoms with van der Waals surface area (Å²) in [4.78, 5) is 24.8. The van der Waals surface area contributed by atoms with Gasteiger partial charge in [0.15, 0.2) is 5.06 Å². The molecule has 0 saturated carbocycles. The highest BCUT2D eigenvalue weighted by Gasteiger charge is 2.21. The van der Waals surface area contributed by atoms with Crippen LogP contribution in [0.4, 0.5) is 0 Å². The Kier molecular flexibility index (Phi) is 4.75. The molecule has 110 valence electrons. The van der Waals surface area contributed by atoms with Crippen LogP contribution in [0.25, 0.3) is 0 Å². The molecule has 0 radical (unpaired) electrons. The zero-order chi connectivity index (χ0) is 15.4. The first-order valence-electron chi connectivity index (χ1n) is 6.61. The average molecular weight is 304 g/mol. The molecular formula is C16H16O4S. The third kappa shape index (κ3) is 3.31. The first-order valence-corrected chi connectivity index (χ1v) is 7.42. The van der Waals surface area contributed by atoms with E-state index in [0.717, 1.165) is 16.9 Å². The maximum Gasteiger partial charge on any atom is 0.343 e. The van der Waals surface area contributed by atoms with Crippen molar-refractivity contribution in [3.05, 3.63) is 62.1 Å². The van der Waals surface area contributed by atoms with Gasteiger partial charge in [0.05, 0.1) is 12.2 Å². The lowest BCUT2D eigenvalue weighted by Crippen LogP contribution is -2.22. The van der Waals surface area contributed by atoms with Crippen molar-refractivity contribution in [2.75, 3.05) is 6.61 Å². The number of benzene rings is 1. The third-order valence-corrected chi connectivity index (χ3v) is 4.01. The second-order valence-corrected chi connectivity index (χ2v) is 5.73. The van der Waals surface area contributed by atoms with Crippen LogP contribution in [0.3, 0.4) is 0 Å². The van der Waals surface area contributed by atoms with E-state index in [1.165, 1.54) is 0 Å². The summed E-state index contributed by atoms with van der Waals surface area (Å²) in [5, 5.41) is 9.99. The van der Waals surface area contributed by atoms with Crippen LogP contribution in [0.1, 0.15) is 33.3 Å². The second kappa shape index (κ2) is 6.54. The first-order chi connectivity index (χ1) is 10.0. The highest BCUT2D eigenvalue weighted by atomic mass is 32.1. The van der Waals surface area contributed by atoms with E-state index in [2.05, 4.69) is 0 Å². The van der Waals surface area contributed by atoms with Crippen LogP contribution < -0.4 is 5.43 Å². The van der Waals surface area contributed by atoms with Crippen molar-refractivity contribution < 1.29 is 14.6 Å². The fourth-order valence-electron chi connectivity index (χ4n) is 2.06. The van der Waals surface area contributed by atoms with Crippen LogP contribution >= 0.6 is 11.3 Å². The van der Waals surface area contributed by atoms with E-state index in [4.69, 9.17) is 4.74 Å². The molecule has 0 aliphatic carbocycles. The van der Waals surface area contributed by atoms with E-state index < -0.39 is 11.4 Å². The fourth-order valence-corrected chi connectivity index (χ4v) is 2.92. The summed E-state index contributed by atoms with van der Waals surface area (Å²) in [6.07, 6.45) is 0.286.